The molecule has 0 unspecified atom stereocenters. The number of nitrogens with zero attached hydrogens (tertiary/aromatic N) is 2. The summed E-state index contributed by atoms with van der Waals surface area (Å²) < 4.78 is 14.2. The second-order valence-corrected chi connectivity index (χ2v) is 9.08. The highest BCUT2D eigenvalue weighted by Gasteiger charge is 2.16. The minimum atomic E-state index is -0.589. The van der Waals surface area contributed by atoms with Gasteiger partial charge in [0.15, 0.2) is 0 Å². The fraction of sp³-hybridized carbons (Fsp3) is 0. The molecule has 2 N–H and O–H groups in total. The van der Waals surface area contributed by atoms with E-state index in [0.717, 1.165) is 32.1 Å². The predicted molar refractivity (Wildman–Crippen MR) is 139 cm³/mol. The Labute approximate surface area is 210 Å². The molecule has 35 heavy (non-hydrogen) atoms. The van der Waals surface area contributed by atoms with Crippen molar-refractivity contribution in [1.82, 2.24) is 15.2 Å². The molecule has 0 aliphatic heterocycles. The molecule has 3 aromatic carbocycles. The zero-order valence-corrected chi connectivity index (χ0v) is 19.8. The van der Waals surface area contributed by atoms with Crippen molar-refractivity contribution < 1.29 is 9.18 Å². The number of aromatic nitrogens is 3. The molecular formula is C27H18ClFN4OS. The predicted octanol–water partition coefficient (Wildman–Crippen LogP) is 7.32. The second kappa shape index (κ2) is 10.1. The van der Waals surface area contributed by atoms with Crippen LogP contribution in [0.3, 0.4) is 0 Å². The van der Waals surface area contributed by atoms with Crippen LogP contribution in [0.15, 0.2) is 94.9 Å². The Morgan fingerprint density at radius 1 is 1.00 bits per heavy atom. The molecule has 172 valence electrons. The number of hydrogen-bond acceptors (Lipinski definition) is 4. The van der Waals surface area contributed by atoms with E-state index in [1.165, 1.54) is 30.0 Å². The van der Waals surface area contributed by atoms with Gasteiger partial charge in [-0.25, -0.2) is 4.39 Å². The van der Waals surface area contributed by atoms with Crippen LogP contribution >= 0.6 is 23.4 Å². The summed E-state index contributed by atoms with van der Waals surface area (Å²) in [5.74, 6) is -1.03. The number of fused-ring (bicyclic) bond motifs is 1. The summed E-state index contributed by atoms with van der Waals surface area (Å²) in [4.78, 5) is 18.9. The normalized spacial score (nSPS) is 11.3. The number of benzene rings is 3. The van der Waals surface area contributed by atoms with Crippen LogP contribution in [0.4, 0.5) is 10.1 Å². The highest BCUT2D eigenvalue weighted by atomic mass is 35.5. The van der Waals surface area contributed by atoms with Crippen LogP contribution < -0.4 is 5.32 Å². The van der Waals surface area contributed by atoms with Crippen LogP contribution in [0.5, 0.6) is 0 Å². The minimum Gasteiger partial charge on any atom is -0.318 e. The van der Waals surface area contributed by atoms with Crippen molar-refractivity contribution in [1.29, 1.82) is 0 Å². The number of halogens is 2. The molecule has 0 bridgehead atoms. The first-order valence-electron chi connectivity index (χ1n) is 10.7. The maximum absolute atomic E-state index is 14.2. The van der Waals surface area contributed by atoms with Gasteiger partial charge in [0.2, 0.25) is 0 Å². The molecule has 5 aromatic rings. The second-order valence-electron chi connectivity index (χ2n) is 7.55. The van der Waals surface area contributed by atoms with Crippen molar-refractivity contribution in [2.45, 2.75) is 9.79 Å². The van der Waals surface area contributed by atoms with Gasteiger partial charge >= 0.3 is 0 Å². The highest BCUT2D eigenvalue weighted by molar-refractivity contribution is 7.99. The number of aromatic amines is 1. The Hall–Kier alpha value is -3.94. The SMILES string of the molecule is O=C(Nc1c(F)cccc1Cl)c1ccccc1Sc1ccc2c(/C=C/c3ccccn3)n[nH]c2c1. The maximum Gasteiger partial charge on any atom is 0.256 e. The van der Waals surface area contributed by atoms with Crippen molar-refractivity contribution in [2.75, 3.05) is 5.32 Å². The molecule has 0 aliphatic carbocycles. The van der Waals surface area contributed by atoms with Crippen LogP contribution in [-0.4, -0.2) is 21.1 Å². The van der Waals surface area contributed by atoms with Crippen molar-refractivity contribution >= 4 is 58.0 Å². The summed E-state index contributed by atoms with van der Waals surface area (Å²) in [6.07, 6.45) is 5.57. The first-order chi connectivity index (χ1) is 17.1. The number of carbonyl (C=O) groups is 1. The van der Waals surface area contributed by atoms with Gasteiger partial charge < -0.3 is 5.32 Å². The number of nitrogens with one attached hydrogen (secondary N) is 2. The van der Waals surface area contributed by atoms with Gasteiger partial charge in [0, 0.05) is 21.4 Å². The lowest BCUT2D eigenvalue weighted by Gasteiger charge is -2.11. The molecule has 8 heteroatoms. The van der Waals surface area contributed by atoms with Crippen LogP contribution in [-0.2, 0) is 0 Å². The zero-order chi connectivity index (χ0) is 24.2. The fourth-order valence-corrected chi connectivity index (χ4v) is 4.71. The fourth-order valence-electron chi connectivity index (χ4n) is 3.52. The number of amides is 1. The molecule has 0 saturated carbocycles. The Balaban J connectivity index is 1.38. The first kappa shape index (κ1) is 22.8. The summed E-state index contributed by atoms with van der Waals surface area (Å²) in [6.45, 7) is 0. The number of anilines is 1. The van der Waals surface area contributed by atoms with Crippen molar-refractivity contribution in [3.05, 3.63) is 113 Å². The van der Waals surface area contributed by atoms with Crippen LogP contribution in [0.25, 0.3) is 23.1 Å². The molecule has 0 atom stereocenters. The lowest BCUT2D eigenvalue weighted by molar-refractivity contribution is 0.102. The Morgan fingerprint density at radius 3 is 2.69 bits per heavy atom. The number of H-pyrrole nitrogens is 1. The van der Waals surface area contributed by atoms with E-state index < -0.39 is 11.7 Å². The molecule has 0 spiro atoms. The van der Waals surface area contributed by atoms with Gasteiger partial charge in [0.25, 0.3) is 5.91 Å². The minimum absolute atomic E-state index is 0.0378. The average Bonchev–Trinajstić information content (AvgIpc) is 3.28. The van der Waals surface area contributed by atoms with Crippen LogP contribution in [0.2, 0.25) is 5.02 Å². The number of rotatable bonds is 6. The largest absolute Gasteiger partial charge is 0.318 e. The smallest absolute Gasteiger partial charge is 0.256 e. The van der Waals surface area contributed by atoms with Gasteiger partial charge in [-0.3, -0.25) is 14.9 Å². The molecule has 1 amide bonds. The third-order valence-corrected chi connectivity index (χ3v) is 6.60. The first-order valence-corrected chi connectivity index (χ1v) is 11.9. The van der Waals surface area contributed by atoms with E-state index in [-0.39, 0.29) is 10.7 Å². The summed E-state index contributed by atoms with van der Waals surface area (Å²) in [5, 5.41) is 11.2. The number of carbonyl (C=O) groups excluding carboxylic acids is 1. The molecule has 0 radical (unpaired) electrons. The molecule has 0 fully saturated rings. The van der Waals surface area contributed by atoms with Crippen LogP contribution in [0, 0.1) is 5.82 Å². The average molecular weight is 501 g/mol. The van der Waals surface area contributed by atoms with E-state index in [2.05, 4.69) is 20.5 Å². The standard InChI is InChI=1S/C27H18ClFN4OS/c28-21-8-5-9-22(29)26(21)31-27(34)20-7-1-2-10-25(20)35-18-12-13-19-23(32-33-24(19)16-18)14-11-17-6-3-4-15-30-17/h1-16H,(H,31,34)(H,32,33)/b14-11+. The molecular weight excluding hydrogens is 483 g/mol. The summed E-state index contributed by atoms with van der Waals surface area (Å²) >= 11 is 7.50. The maximum atomic E-state index is 14.2. The van der Waals surface area contributed by atoms with E-state index >= 15 is 0 Å². The van der Waals surface area contributed by atoms with Crippen molar-refractivity contribution in [3.8, 4) is 0 Å². The van der Waals surface area contributed by atoms with Gasteiger partial charge in [-0.1, -0.05) is 47.6 Å². The number of hydrogen-bond donors (Lipinski definition) is 2. The van der Waals surface area contributed by atoms with Gasteiger partial charge in [-0.15, -0.1) is 0 Å². The van der Waals surface area contributed by atoms with Gasteiger partial charge in [0.1, 0.15) is 5.82 Å². The summed E-state index contributed by atoms with van der Waals surface area (Å²) in [7, 11) is 0. The zero-order valence-electron chi connectivity index (χ0n) is 18.2. The van der Waals surface area contributed by atoms with Crippen LogP contribution in [0.1, 0.15) is 21.7 Å². The lowest BCUT2D eigenvalue weighted by Crippen LogP contribution is -2.14. The molecule has 2 heterocycles. The molecule has 2 aromatic heterocycles. The van der Waals surface area contributed by atoms with E-state index in [9.17, 15) is 9.18 Å². The summed E-state index contributed by atoms with van der Waals surface area (Å²) in [6, 6.07) is 23.1. The highest BCUT2D eigenvalue weighted by Crippen LogP contribution is 2.34. The van der Waals surface area contributed by atoms with Gasteiger partial charge in [0.05, 0.1) is 33.2 Å². The number of para-hydroxylation sites is 1. The van der Waals surface area contributed by atoms with E-state index in [0.29, 0.717) is 5.56 Å². The van der Waals surface area contributed by atoms with Crippen molar-refractivity contribution in [2.24, 2.45) is 0 Å². The number of pyridine rings is 1. The third-order valence-electron chi connectivity index (χ3n) is 5.22. The summed E-state index contributed by atoms with van der Waals surface area (Å²) in [5.41, 5.74) is 2.91. The van der Waals surface area contributed by atoms with Gasteiger partial charge in [-0.05, 0) is 66.7 Å². The molecule has 5 nitrogen and oxygen atoms in total. The molecule has 0 aliphatic rings. The van der Waals surface area contributed by atoms with E-state index in [1.807, 2.05) is 60.7 Å². The Bertz CT molecular complexity index is 1530. The Kier molecular flexibility index (Phi) is 6.61. The van der Waals surface area contributed by atoms with E-state index in [4.69, 9.17) is 11.6 Å². The topological polar surface area (TPSA) is 70.7 Å². The Morgan fingerprint density at radius 2 is 1.86 bits per heavy atom. The third kappa shape index (κ3) is 5.11. The monoisotopic (exact) mass is 500 g/mol. The van der Waals surface area contributed by atoms with Crippen molar-refractivity contribution in [3.63, 3.8) is 0 Å². The molecule has 5 rings (SSSR count). The molecule has 0 saturated heterocycles. The quantitative estimate of drug-likeness (QED) is 0.256. The van der Waals surface area contributed by atoms with Gasteiger partial charge in [-0.2, -0.15) is 5.10 Å². The lowest BCUT2D eigenvalue weighted by atomic mass is 10.2. The van der Waals surface area contributed by atoms with E-state index in [1.54, 1.807) is 18.3 Å².